The Morgan fingerprint density at radius 1 is 1.23 bits per heavy atom. The van der Waals surface area contributed by atoms with Crippen LogP contribution in [0.3, 0.4) is 0 Å². The summed E-state index contributed by atoms with van der Waals surface area (Å²) in [5.74, 6) is -1.56. The first-order valence-electron chi connectivity index (χ1n) is 11.0. The second-order valence-corrected chi connectivity index (χ2v) is 8.45. The number of hydrogen-bond acceptors (Lipinski definition) is 6. The van der Waals surface area contributed by atoms with Gasteiger partial charge in [-0.05, 0) is 50.5 Å². The maximum absolute atomic E-state index is 13.3. The number of aryl methyl sites for hydroxylation is 1. The van der Waals surface area contributed by atoms with Crippen LogP contribution in [0.5, 0.6) is 0 Å². The highest BCUT2D eigenvalue weighted by molar-refractivity contribution is 5.88. The van der Waals surface area contributed by atoms with Crippen LogP contribution >= 0.6 is 0 Å². The summed E-state index contributed by atoms with van der Waals surface area (Å²) in [7, 11) is 0. The quantitative estimate of drug-likeness (QED) is 0.478. The van der Waals surface area contributed by atoms with Crippen molar-refractivity contribution in [3.8, 4) is 0 Å². The van der Waals surface area contributed by atoms with Crippen molar-refractivity contribution in [2.75, 3.05) is 13.2 Å². The molecule has 8 heteroatoms. The van der Waals surface area contributed by atoms with Gasteiger partial charge in [0.25, 0.3) is 0 Å². The lowest BCUT2D eigenvalue weighted by Gasteiger charge is -2.31. The van der Waals surface area contributed by atoms with E-state index in [9.17, 15) is 19.5 Å². The molecule has 2 aliphatic rings. The number of carbonyl (C=O) groups excluding carboxylic acids is 2. The SMILES string of the molecule is CC(NC(CCc1ccccc1)C(=O)OCCO)C(=O)N1C(C(=O)O)CC2CCCC21. The first-order valence-corrected chi connectivity index (χ1v) is 11.0. The third-order valence-electron chi connectivity index (χ3n) is 6.38. The van der Waals surface area contributed by atoms with Crippen LogP contribution in [0.4, 0.5) is 0 Å². The Kier molecular flexibility index (Phi) is 8.03. The Hall–Kier alpha value is -2.45. The van der Waals surface area contributed by atoms with Gasteiger partial charge >= 0.3 is 11.9 Å². The number of carbonyl (C=O) groups is 3. The van der Waals surface area contributed by atoms with E-state index >= 15 is 0 Å². The lowest BCUT2D eigenvalue weighted by Crippen LogP contribution is -2.55. The van der Waals surface area contributed by atoms with E-state index in [0.29, 0.717) is 19.3 Å². The van der Waals surface area contributed by atoms with Crippen LogP contribution in [0.1, 0.15) is 44.6 Å². The van der Waals surface area contributed by atoms with Crippen LogP contribution in [0.2, 0.25) is 0 Å². The summed E-state index contributed by atoms with van der Waals surface area (Å²) in [5, 5.41) is 21.7. The van der Waals surface area contributed by atoms with Crippen LogP contribution < -0.4 is 5.32 Å². The Bertz CT molecular complexity index is 771. The second-order valence-electron chi connectivity index (χ2n) is 8.45. The molecule has 31 heavy (non-hydrogen) atoms. The smallest absolute Gasteiger partial charge is 0.326 e. The normalized spacial score (nSPS) is 24.5. The van der Waals surface area contributed by atoms with Gasteiger partial charge in [0.2, 0.25) is 5.91 Å². The molecule has 2 fully saturated rings. The zero-order chi connectivity index (χ0) is 22.4. The number of rotatable bonds is 10. The zero-order valence-electron chi connectivity index (χ0n) is 17.9. The fraction of sp³-hybridized carbons (Fsp3) is 0.609. The van der Waals surface area contributed by atoms with Crippen LogP contribution in [-0.4, -0.2) is 70.3 Å². The molecule has 1 aliphatic heterocycles. The van der Waals surface area contributed by atoms with Crippen molar-refractivity contribution in [1.29, 1.82) is 0 Å². The van der Waals surface area contributed by atoms with E-state index < -0.39 is 30.1 Å². The fourth-order valence-electron chi connectivity index (χ4n) is 4.90. The van der Waals surface area contributed by atoms with Gasteiger partial charge in [-0.1, -0.05) is 36.8 Å². The van der Waals surface area contributed by atoms with E-state index in [-0.39, 0.29) is 31.1 Å². The van der Waals surface area contributed by atoms with E-state index in [0.717, 1.165) is 24.8 Å². The number of amides is 1. The molecule has 1 heterocycles. The number of aliphatic hydroxyl groups excluding tert-OH is 1. The number of fused-ring (bicyclic) bond motifs is 1. The van der Waals surface area contributed by atoms with E-state index in [1.54, 1.807) is 6.92 Å². The Morgan fingerprint density at radius 2 is 1.97 bits per heavy atom. The number of ether oxygens (including phenoxy) is 1. The molecule has 3 N–H and O–H groups in total. The van der Waals surface area contributed by atoms with Crippen molar-refractivity contribution < 1.29 is 29.3 Å². The molecule has 1 aliphatic carbocycles. The first-order chi connectivity index (χ1) is 14.9. The molecule has 5 unspecified atom stereocenters. The Balaban J connectivity index is 1.68. The van der Waals surface area contributed by atoms with Gasteiger partial charge < -0.3 is 19.8 Å². The van der Waals surface area contributed by atoms with Crippen molar-refractivity contribution in [2.24, 2.45) is 5.92 Å². The summed E-state index contributed by atoms with van der Waals surface area (Å²) in [6.07, 6.45) is 4.30. The van der Waals surface area contributed by atoms with Gasteiger partial charge in [0.1, 0.15) is 18.7 Å². The summed E-state index contributed by atoms with van der Waals surface area (Å²) in [6.45, 7) is 1.28. The number of carboxylic acid groups (broad SMARTS) is 1. The van der Waals surface area contributed by atoms with Crippen molar-refractivity contribution in [3.05, 3.63) is 35.9 Å². The average molecular weight is 433 g/mol. The number of nitrogens with one attached hydrogen (secondary N) is 1. The molecule has 0 bridgehead atoms. The highest BCUT2D eigenvalue weighted by atomic mass is 16.5. The molecule has 3 rings (SSSR count). The predicted molar refractivity (Wildman–Crippen MR) is 113 cm³/mol. The minimum absolute atomic E-state index is 0.0399. The third kappa shape index (κ3) is 5.62. The van der Waals surface area contributed by atoms with Gasteiger partial charge in [-0.2, -0.15) is 0 Å². The van der Waals surface area contributed by atoms with Gasteiger partial charge in [0.05, 0.1) is 12.6 Å². The maximum Gasteiger partial charge on any atom is 0.326 e. The maximum atomic E-state index is 13.3. The number of esters is 1. The van der Waals surface area contributed by atoms with Gasteiger partial charge in [0, 0.05) is 6.04 Å². The van der Waals surface area contributed by atoms with Crippen LogP contribution in [0.15, 0.2) is 30.3 Å². The summed E-state index contributed by atoms with van der Waals surface area (Å²) in [6, 6.07) is 7.37. The monoisotopic (exact) mass is 432 g/mol. The Morgan fingerprint density at radius 3 is 2.65 bits per heavy atom. The number of carboxylic acids is 1. The molecule has 1 saturated heterocycles. The van der Waals surface area contributed by atoms with Crippen LogP contribution in [0, 0.1) is 5.92 Å². The zero-order valence-corrected chi connectivity index (χ0v) is 17.9. The average Bonchev–Trinajstić information content (AvgIpc) is 3.36. The fourth-order valence-corrected chi connectivity index (χ4v) is 4.90. The lowest BCUT2D eigenvalue weighted by atomic mass is 10.0. The number of aliphatic hydroxyl groups is 1. The van der Waals surface area contributed by atoms with Crippen LogP contribution in [0.25, 0.3) is 0 Å². The Labute approximate surface area is 182 Å². The molecule has 1 amide bonds. The molecule has 0 aromatic heterocycles. The number of aliphatic carboxylic acids is 1. The van der Waals surface area contributed by atoms with Gasteiger partial charge in [-0.3, -0.25) is 14.9 Å². The van der Waals surface area contributed by atoms with E-state index in [1.165, 1.54) is 4.90 Å². The van der Waals surface area contributed by atoms with Gasteiger partial charge in [0.15, 0.2) is 0 Å². The number of benzene rings is 1. The topological polar surface area (TPSA) is 116 Å². The molecular formula is C23H32N2O6. The highest BCUT2D eigenvalue weighted by Crippen LogP contribution is 2.41. The molecule has 0 spiro atoms. The van der Waals surface area contributed by atoms with Crippen LogP contribution in [-0.2, 0) is 25.5 Å². The summed E-state index contributed by atoms with van der Waals surface area (Å²) >= 11 is 0. The molecule has 1 aromatic carbocycles. The molecule has 1 aromatic rings. The first kappa shape index (κ1) is 23.2. The third-order valence-corrected chi connectivity index (χ3v) is 6.38. The number of likely N-dealkylation sites (tertiary alicyclic amines) is 1. The molecular weight excluding hydrogens is 400 g/mol. The molecule has 170 valence electrons. The second kappa shape index (κ2) is 10.7. The van der Waals surface area contributed by atoms with Crippen molar-refractivity contribution in [1.82, 2.24) is 10.2 Å². The van der Waals surface area contributed by atoms with Gasteiger partial charge in [-0.15, -0.1) is 0 Å². The van der Waals surface area contributed by atoms with Gasteiger partial charge in [-0.25, -0.2) is 4.79 Å². The summed E-state index contributed by atoms with van der Waals surface area (Å²) in [5.41, 5.74) is 1.06. The van der Waals surface area contributed by atoms with E-state index in [2.05, 4.69) is 5.32 Å². The standard InChI is InChI=1S/C23H32N2O6/c1-15(21(27)25-19-9-5-8-17(19)14-20(25)22(28)29)24-18(23(30)31-13-12-26)11-10-16-6-3-2-4-7-16/h2-4,6-7,15,17-20,24,26H,5,8-14H2,1H3,(H,28,29). The van der Waals surface area contributed by atoms with E-state index in [4.69, 9.17) is 9.84 Å². The largest absolute Gasteiger partial charge is 0.480 e. The highest BCUT2D eigenvalue weighted by Gasteiger charge is 2.49. The molecule has 0 radical (unpaired) electrons. The van der Waals surface area contributed by atoms with Crippen molar-refractivity contribution >= 4 is 17.8 Å². The summed E-state index contributed by atoms with van der Waals surface area (Å²) in [4.78, 5) is 39.1. The number of hydrogen-bond donors (Lipinski definition) is 3. The molecule has 5 atom stereocenters. The minimum Gasteiger partial charge on any atom is -0.480 e. The predicted octanol–water partition coefficient (Wildman–Crippen LogP) is 1.36. The van der Waals surface area contributed by atoms with Crippen molar-refractivity contribution in [3.63, 3.8) is 0 Å². The molecule has 8 nitrogen and oxygen atoms in total. The molecule has 1 saturated carbocycles. The van der Waals surface area contributed by atoms with E-state index in [1.807, 2.05) is 30.3 Å². The minimum atomic E-state index is -0.974. The summed E-state index contributed by atoms with van der Waals surface area (Å²) < 4.78 is 5.11. The number of nitrogens with zero attached hydrogens (tertiary/aromatic N) is 1. The lowest BCUT2D eigenvalue weighted by molar-refractivity contribution is -0.152. The van der Waals surface area contributed by atoms with Crippen molar-refractivity contribution in [2.45, 2.75) is 69.6 Å².